The molecule has 23 heteroatoms. The Hall–Kier alpha value is -7.95. The number of hydrogen-bond donors (Lipinski definition) is 6. The molecule has 7 rings (SSSR count). The van der Waals surface area contributed by atoms with Crippen LogP contribution in [0.2, 0.25) is 0 Å². The largest absolute Gasteiger partial charge is 0.463 e. The maximum Gasteiger partial charge on any atom is 0.303 e. The molecule has 0 bridgehead atoms. The molecule has 64 heavy (non-hydrogen) atoms. The number of ether oxygens (including phenoxy) is 3. The number of rotatable bonds is 16. The highest BCUT2D eigenvalue weighted by atomic mass is 16.6. The number of hydrogen-bond acceptors (Lipinski definition) is 13. The highest BCUT2D eigenvalue weighted by Gasteiger charge is 2.40. The van der Waals surface area contributed by atoms with Gasteiger partial charge in [-0.2, -0.15) is 4.98 Å². The predicted octanol–water partition coefficient (Wildman–Crippen LogP) is 2.24. The van der Waals surface area contributed by atoms with Crippen LogP contribution in [0.25, 0.3) is 11.2 Å². The molecule has 7 heterocycles. The number of anilines is 4. The molecule has 0 radical (unpaired) electrons. The van der Waals surface area contributed by atoms with Crippen LogP contribution in [0.3, 0.4) is 0 Å². The molecule has 0 spiro atoms. The van der Waals surface area contributed by atoms with Gasteiger partial charge in [0.05, 0.1) is 23.4 Å². The van der Waals surface area contributed by atoms with Crippen LogP contribution < -0.4 is 32.1 Å². The second-order valence-electron chi connectivity index (χ2n) is 15.1. The summed E-state index contributed by atoms with van der Waals surface area (Å²) in [7, 11) is 6.76. The Balaban J connectivity index is 0.893. The number of aromatic nitrogens is 8. The first-order chi connectivity index (χ1) is 30.5. The fourth-order valence-electron chi connectivity index (χ4n) is 7.22. The van der Waals surface area contributed by atoms with Crippen LogP contribution in [0.15, 0.2) is 66.2 Å². The predicted molar refractivity (Wildman–Crippen MR) is 230 cm³/mol. The van der Waals surface area contributed by atoms with E-state index in [1.165, 1.54) is 32.3 Å². The quantitative estimate of drug-likeness (QED) is 0.0602. The van der Waals surface area contributed by atoms with Gasteiger partial charge >= 0.3 is 11.9 Å². The number of H-pyrrole nitrogens is 1. The van der Waals surface area contributed by atoms with Crippen LogP contribution in [-0.4, -0.2) is 105 Å². The average Bonchev–Trinajstić information content (AvgIpc) is 4.09. The first kappa shape index (κ1) is 44.1. The molecule has 23 nitrogen and oxygen atoms in total. The van der Waals surface area contributed by atoms with Crippen molar-refractivity contribution in [1.29, 1.82) is 0 Å². The summed E-state index contributed by atoms with van der Waals surface area (Å²) in [6.45, 7) is 2.96. The molecule has 6 N–H and O–H groups in total. The van der Waals surface area contributed by atoms with E-state index in [1.54, 1.807) is 94.0 Å². The molecule has 1 fully saturated rings. The van der Waals surface area contributed by atoms with Crippen LogP contribution in [0.1, 0.15) is 74.9 Å². The van der Waals surface area contributed by atoms with Crippen molar-refractivity contribution in [3.8, 4) is 0 Å². The molecule has 0 saturated carbocycles. The number of esters is 2. The lowest BCUT2D eigenvalue weighted by Crippen LogP contribution is -2.31. The Bertz CT molecular complexity index is 2820. The number of carbonyl (C=O) groups is 6. The summed E-state index contributed by atoms with van der Waals surface area (Å²) < 4.78 is 24.5. The summed E-state index contributed by atoms with van der Waals surface area (Å²) in [5.41, 5.74) is 2.23. The third-order valence-electron chi connectivity index (χ3n) is 10.3. The van der Waals surface area contributed by atoms with E-state index in [1.807, 2.05) is 0 Å². The smallest absolute Gasteiger partial charge is 0.303 e. The Kier molecular flexibility index (Phi) is 12.8. The molecule has 0 unspecified atom stereocenters. The van der Waals surface area contributed by atoms with Crippen LogP contribution in [0.5, 0.6) is 0 Å². The minimum Gasteiger partial charge on any atom is -0.463 e. The number of aromatic amines is 1. The lowest BCUT2D eigenvalue weighted by Gasteiger charge is -2.17. The fraction of sp³-hybridized carbons (Fsp3) is 0.341. The number of nitrogens with zero attached hydrogens (tertiary/aromatic N) is 7. The van der Waals surface area contributed by atoms with Crippen LogP contribution in [0.4, 0.5) is 23.0 Å². The van der Waals surface area contributed by atoms with Crippen molar-refractivity contribution in [2.75, 3.05) is 41.0 Å². The molecule has 3 atom stereocenters. The molecular formula is C41H47N13O10. The highest BCUT2D eigenvalue weighted by molar-refractivity contribution is 6.08. The summed E-state index contributed by atoms with van der Waals surface area (Å²) in [5, 5.41) is 14.3. The van der Waals surface area contributed by atoms with Crippen molar-refractivity contribution in [1.82, 2.24) is 43.1 Å². The van der Waals surface area contributed by atoms with Crippen molar-refractivity contribution in [3.63, 3.8) is 0 Å². The van der Waals surface area contributed by atoms with E-state index in [-0.39, 0.29) is 65.6 Å². The Morgan fingerprint density at radius 3 is 1.91 bits per heavy atom. The third-order valence-corrected chi connectivity index (χ3v) is 10.3. The van der Waals surface area contributed by atoms with Crippen LogP contribution in [-0.2, 0) is 52.0 Å². The van der Waals surface area contributed by atoms with E-state index in [9.17, 15) is 33.6 Å². The van der Waals surface area contributed by atoms with Gasteiger partial charge in [0.1, 0.15) is 47.8 Å². The van der Waals surface area contributed by atoms with Crippen molar-refractivity contribution in [3.05, 3.63) is 94.6 Å². The monoisotopic (exact) mass is 881 g/mol. The van der Waals surface area contributed by atoms with Gasteiger partial charge in [-0.15, -0.1) is 0 Å². The minimum atomic E-state index is -0.738. The normalized spacial score (nSPS) is 15.8. The van der Waals surface area contributed by atoms with Crippen molar-refractivity contribution in [2.45, 2.75) is 45.1 Å². The number of nitrogens with one attached hydrogen (secondary N) is 6. The third kappa shape index (κ3) is 9.88. The summed E-state index contributed by atoms with van der Waals surface area (Å²) in [6.07, 6.45) is 6.45. The summed E-state index contributed by atoms with van der Waals surface area (Å²) in [6, 6.07) is 8.06. The second-order valence-corrected chi connectivity index (χ2v) is 15.1. The van der Waals surface area contributed by atoms with Gasteiger partial charge in [-0.05, 0) is 36.8 Å². The van der Waals surface area contributed by atoms with Crippen LogP contribution in [0, 0.1) is 0 Å². The second kappa shape index (κ2) is 18.6. The summed E-state index contributed by atoms with van der Waals surface area (Å²) in [4.78, 5) is 99.7. The lowest BCUT2D eigenvalue weighted by molar-refractivity contribution is -0.155. The maximum atomic E-state index is 13.3. The van der Waals surface area contributed by atoms with Gasteiger partial charge in [0.25, 0.3) is 29.2 Å². The summed E-state index contributed by atoms with van der Waals surface area (Å²) in [5.74, 6) is -2.52. The molecule has 4 amide bonds. The molecule has 6 aromatic rings. The molecule has 6 aromatic heterocycles. The molecule has 0 aromatic carbocycles. The average molecular weight is 882 g/mol. The van der Waals surface area contributed by atoms with Gasteiger partial charge < -0.3 is 59.1 Å². The Morgan fingerprint density at radius 1 is 0.781 bits per heavy atom. The minimum absolute atomic E-state index is 0.0657. The number of imidazole rings is 1. The van der Waals surface area contributed by atoms with Crippen molar-refractivity contribution >= 4 is 69.7 Å². The van der Waals surface area contributed by atoms with Gasteiger partial charge in [-0.3, -0.25) is 43.1 Å². The SMILES string of the molecule is CC(=O)OC[C@H]1O[C@@H](n2cnc3c(=O)[nH]c(NCCCNC(=O)c4cc(NC(=O)c5cc(NC(=O)c6cc(NC(=O)c7cccn7C)cn6C)cn5C)cn4C)nc32)C[C@@H]1OC(C)=O. The zero-order chi connectivity index (χ0) is 45.8. The fourth-order valence-corrected chi connectivity index (χ4v) is 7.22. The van der Waals surface area contributed by atoms with Crippen LogP contribution >= 0.6 is 0 Å². The zero-order valence-corrected chi connectivity index (χ0v) is 35.8. The van der Waals surface area contributed by atoms with E-state index in [4.69, 9.17) is 14.2 Å². The van der Waals surface area contributed by atoms with E-state index in [2.05, 4.69) is 41.5 Å². The van der Waals surface area contributed by atoms with E-state index in [0.717, 1.165) is 0 Å². The molecule has 0 aliphatic carbocycles. The standard InChI is InChI=1S/C41H47N13O10/c1-22(55)62-20-32-31(63-23(2)56)16-33(64-32)54-21-44-34-35(54)48-41(49-40(34)61)43-11-8-10-42-36(57)28-13-24(17-51(28)4)46-38(59)30-15-26(19-53(30)6)47-39(60)29-14-25(18-52(29)5)45-37(58)27-9-7-12-50(27)3/h7,9,12-15,17-19,21,31-33H,8,10-11,16,20H2,1-6H3,(H,42,57)(H,45,58)(H,46,59)(H,47,60)(H2,43,48,49,61)/t31-,32+,33+/m0/s1. The van der Waals surface area contributed by atoms with Gasteiger partial charge in [0.2, 0.25) is 5.95 Å². The number of fused-ring (bicyclic) bond motifs is 1. The number of amides is 4. The lowest BCUT2D eigenvalue weighted by atomic mass is 10.2. The first-order valence-corrected chi connectivity index (χ1v) is 20.0. The molecular weight excluding hydrogens is 835 g/mol. The van der Waals surface area contributed by atoms with E-state index < -0.39 is 47.7 Å². The van der Waals surface area contributed by atoms with Crippen molar-refractivity contribution < 1.29 is 43.0 Å². The molecule has 336 valence electrons. The molecule has 1 saturated heterocycles. The zero-order valence-electron chi connectivity index (χ0n) is 35.8. The van der Waals surface area contributed by atoms with Crippen molar-refractivity contribution in [2.24, 2.45) is 28.2 Å². The van der Waals surface area contributed by atoms with Gasteiger partial charge in [0.15, 0.2) is 11.2 Å². The van der Waals surface area contributed by atoms with E-state index in [0.29, 0.717) is 35.7 Å². The first-order valence-electron chi connectivity index (χ1n) is 20.0. The number of aryl methyl sites for hydroxylation is 4. The maximum absolute atomic E-state index is 13.3. The highest BCUT2D eigenvalue weighted by Crippen LogP contribution is 2.33. The Morgan fingerprint density at radius 2 is 1.36 bits per heavy atom. The van der Waals surface area contributed by atoms with Gasteiger partial charge in [0, 0.05) is 86.3 Å². The number of carbonyl (C=O) groups excluding carboxylic acids is 6. The van der Waals surface area contributed by atoms with E-state index >= 15 is 0 Å². The molecule has 1 aliphatic heterocycles. The Labute approximate surface area is 364 Å². The summed E-state index contributed by atoms with van der Waals surface area (Å²) >= 11 is 0. The van der Waals surface area contributed by atoms with Gasteiger partial charge in [-0.1, -0.05) is 0 Å². The molecule has 1 aliphatic rings. The van der Waals surface area contributed by atoms with Gasteiger partial charge in [-0.25, -0.2) is 4.98 Å². The topological polar surface area (TPSA) is 274 Å².